The second-order valence-corrected chi connectivity index (χ2v) is 3.88. The zero-order chi connectivity index (χ0) is 10.4. The maximum atomic E-state index is 11.2. The van der Waals surface area contributed by atoms with Crippen molar-refractivity contribution in [1.82, 2.24) is 10.2 Å². The van der Waals surface area contributed by atoms with Crippen LogP contribution >= 0.6 is 0 Å². The van der Waals surface area contributed by atoms with E-state index in [1.807, 2.05) is 6.07 Å². The predicted molar refractivity (Wildman–Crippen MR) is 53.5 cm³/mol. The quantitative estimate of drug-likeness (QED) is 0.704. The maximum absolute atomic E-state index is 11.2. The summed E-state index contributed by atoms with van der Waals surface area (Å²) in [5.41, 5.74) is 0. The van der Waals surface area contributed by atoms with E-state index in [1.54, 1.807) is 0 Å². The van der Waals surface area contributed by atoms with Gasteiger partial charge in [0, 0.05) is 25.9 Å². The minimum absolute atomic E-state index is 0.00102. The van der Waals surface area contributed by atoms with E-state index in [2.05, 4.69) is 17.3 Å². The molecule has 1 amide bonds. The Hall–Kier alpha value is -1.08. The SMILES string of the molecule is CN1CCC(CNC(=O)CCC#N)C1. The highest BCUT2D eigenvalue weighted by Crippen LogP contribution is 2.12. The zero-order valence-corrected chi connectivity index (χ0v) is 8.62. The maximum Gasteiger partial charge on any atom is 0.221 e. The van der Waals surface area contributed by atoms with Crippen LogP contribution in [0.3, 0.4) is 0 Å². The number of nitriles is 1. The lowest BCUT2D eigenvalue weighted by Gasteiger charge is -2.10. The van der Waals surface area contributed by atoms with Gasteiger partial charge in [-0.2, -0.15) is 5.26 Å². The molecule has 4 nitrogen and oxygen atoms in total. The van der Waals surface area contributed by atoms with Gasteiger partial charge in [-0.1, -0.05) is 0 Å². The molecular weight excluding hydrogens is 178 g/mol. The Morgan fingerprint density at radius 2 is 2.50 bits per heavy atom. The standard InChI is InChI=1S/C10H17N3O/c1-13-6-4-9(8-13)7-12-10(14)3-2-5-11/h9H,2-4,6-8H2,1H3,(H,12,14). The Bertz CT molecular complexity index is 234. The van der Waals surface area contributed by atoms with Crippen LogP contribution < -0.4 is 5.32 Å². The lowest BCUT2D eigenvalue weighted by Crippen LogP contribution is -2.30. The molecule has 1 aliphatic rings. The van der Waals surface area contributed by atoms with Gasteiger partial charge in [0.05, 0.1) is 6.07 Å². The molecule has 1 aliphatic heterocycles. The third-order valence-corrected chi connectivity index (χ3v) is 2.54. The Kier molecular flexibility index (Phi) is 4.41. The molecule has 0 aromatic rings. The molecular formula is C10H17N3O. The molecule has 1 fully saturated rings. The summed E-state index contributed by atoms with van der Waals surface area (Å²) in [6.45, 7) is 2.95. The number of nitrogens with one attached hydrogen (secondary N) is 1. The molecule has 78 valence electrons. The third-order valence-electron chi connectivity index (χ3n) is 2.54. The van der Waals surface area contributed by atoms with Gasteiger partial charge in [0.1, 0.15) is 0 Å². The van der Waals surface area contributed by atoms with Crippen molar-refractivity contribution < 1.29 is 4.79 Å². The summed E-state index contributed by atoms with van der Waals surface area (Å²) in [7, 11) is 2.09. The first kappa shape index (κ1) is 11.0. The number of rotatable bonds is 4. The van der Waals surface area contributed by atoms with Crippen molar-refractivity contribution >= 4 is 5.91 Å². The number of nitrogens with zero attached hydrogens (tertiary/aromatic N) is 2. The Balaban J connectivity index is 2.08. The lowest BCUT2D eigenvalue weighted by atomic mass is 10.1. The normalized spacial score (nSPS) is 21.9. The van der Waals surface area contributed by atoms with E-state index in [0.29, 0.717) is 18.8 Å². The van der Waals surface area contributed by atoms with Crippen molar-refractivity contribution in [1.29, 1.82) is 5.26 Å². The second kappa shape index (κ2) is 5.61. The fourth-order valence-electron chi connectivity index (χ4n) is 1.71. The second-order valence-electron chi connectivity index (χ2n) is 3.88. The van der Waals surface area contributed by atoms with E-state index in [1.165, 1.54) is 0 Å². The van der Waals surface area contributed by atoms with Gasteiger partial charge in [0.15, 0.2) is 0 Å². The zero-order valence-electron chi connectivity index (χ0n) is 8.62. The van der Waals surface area contributed by atoms with E-state index in [4.69, 9.17) is 5.26 Å². The Morgan fingerprint density at radius 3 is 3.07 bits per heavy atom. The molecule has 1 heterocycles. The van der Waals surface area contributed by atoms with Crippen LogP contribution in [-0.2, 0) is 4.79 Å². The van der Waals surface area contributed by atoms with Crippen LogP contribution in [0.1, 0.15) is 19.3 Å². The molecule has 0 aromatic carbocycles. The summed E-state index contributed by atoms with van der Waals surface area (Å²) in [6.07, 6.45) is 1.81. The minimum Gasteiger partial charge on any atom is -0.356 e. The fraction of sp³-hybridized carbons (Fsp3) is 0.800. The molecule has 0 saturated carbocycles. The van der Waals surface area contributed by atoms with Gasteiger partial charge in [-0.15, -0.1) is 0 Å². The minimum atomic E-state index is 0.00102. The Morgan fingerprint density at radius 1 is 1.71 bits per heavy atom. The lowest BCUT2D eigenvalue weighted by molar-refractivity contribution is -0.121. The summed E-state index contributed by atoms with van der Waals surface area (Å²) < 4.78 is 0. The largest absolute Gasteiger partial charge is 0.356 e. The van der Waals surface area contributed by atoms with Gasteiger partial charge < -0.3 is 10.2 Å². The van der Waals surface area contributed by atoms with Crippen molar-refractivity contribution in [3.8, 4) is 6.07 Å². The van der Waals surface area contributed by atoms with Crippen LogP contribution in [0.2, 0.25) is 0 Å². The molecule has 1 unspecified atom stereocenters. The van der Waals surface area contributed by atoms with Crippen LogP contribution in [0.15, 0.2) is 0 Å². The number of carbonyl (C=O) groups is 1. The van der Waals surface area contributed by atoms with Crippen molar-refractivity contribution in [2.45, 2.75) is 19.3 Å². The van der Waals surface area contributed by atoms with E-state index < -0.39 is 0 Å². The fourth-order valence-corrected chi connectivity index (χ4v) is 1.71. The summed E-state index contributed by atoms with van der Waals surface area (Å²) in [5.74, 6) is 0.590. The van der Waals surface area contributed by atoms with Gasteiger partial charge in [-0.25, -0.2) is 0 Å². The first-order valence-electron chi connectivity index (χ1n) is 5.04. The number of amides is 1. The molecule has 0 radical (unpaired) electrons. The number of hydrogen-bond acceptors (Lipinski definition) is 3. The third kappa shape index (κ3) is 3.75. The van der Waals surface area contributed by atoms with Crippen LogP contribution in [-0.4, -0.2) is 37.5 Å². The van der Waals surface area contributed by atoms with Gasteiger partial charge in [-0.05, 0) is 25.9 Å². The van der Waals surface area contributed by atoms with Crippen LogP contribution in [0.4, 0.5) is 0 Å². The molecule has 0 aliphatic carbocycles. The average molecular weight is 195 g/mol. The molecule has 1 rings (SSSR count). The molecule has 0 aromatic heterocycles. The molecule has 14 heavy (non-hydrogen) atoms. The number of hydrogen-bond donors (Lipinski definition) is 1. The van der Waals surface area contributed by atoms with Crippen LogP contribution in [0.25, 0.3) is 0 Å². The van der Waals surface area contributed by atoms with Gasteiger partial charge in [-0.3, -0.25) is 4.79 Å². The van der Waals surface area contributed by atoms with Crippen molar-refractivity contribution in [2.75, 3.05) is 26.7 Å². The van der Waals surface area contributed by atoms with Gasteiger partial charge in [0.2, 0.25) is 5.91 Å². The molecule has 0 bridgehead atoms. The molecule has 0 spiro atoms. The average Bonchev–Trinajstić information content (AvgIpc) is 2.58. The highest BCUT2D eigenvalue weighted by Gasteiger charge is 2.19. The van der Waals surface area contributed by atoms with Crippen LogP contribution in [0.5, 0.6) is 0 Å². The first-order valence-corrected chi connectivity index (χ1v) is 5.04. The van der Waals surface area contributed by atoms with E-state index in [-0.39, 0.29) is 5.91 Å². The van der Waals surface area contributed by atoms with Crippen molar-refractivity contribution in [2.24, 2.45) is 5.92 Å². The highest BCUT2D eigenvalue weighted by molar-refractivity contribution is 5.76. The van der Waals surface area contributed by atoms with E-state index in [0.717, 1.165) is 26.1 Å². The Labute approximate surface area is 84.9 Å². The van der Waals surface area contributed by atoms with Crippen LogP contribution in [0, 0.1) is 17.2 Å². The summed E-state index contributed by atoms with van der Waals surface area (Å²) in [5, 5.41) is 11.2. The van der Waals surface area contributed by atoms with Crippen molar-refractivity contribution in [3.63, 3.8) is 0 Å². The first-order chi connectivity index (χ1) is 6.72. The van der Waals surface area contributed by atoms with E-state index >= 15 is 0 Å². The van der Waals surface area contributed by atoms with Crippen molar-refractivity contribution in [3.05, 3.63) is 0 Å². The van der Waals surface area contributed by atoms with Gasteiger partial charge >= 0.3 is 0 Å². The highest BCUT2D eigenvalue weighted by atomic mass is 16.1. The molecule has 1 N–H and O–H groups in total. The number of likely N-dealkylation sites (tertiary alicyclic amines) is 1. The summed E-state index contributed by atoms with van der Waals surface area (Å²) in [4.78, 5) is 13.4. The topological polar surface area (TPSA) is 56.1 Å². The molecule has 1 saturated heterocycles. The monoisotopic (exact) mass is 195 g/mol. The smallest absolute Gasteiger partial charge is 0.221 e. The molecule has 1 atom stereocenters. The summed E-state index contributed by atoms with van der Waals surface area (Å²) >= 11 is 0. The van der Waals surface area contributed by atoms with Gasteiger partial charge in [0.25, 0.3) is 0 Å². The predicted octanol–water partition coefficient (Wildman–Crippen LogP) is 0.358. The molecule has 4 heteroatoms. The number of carbonyl (C=O) groups excluding carboxylic acids is 1. The summed E-state index contributed by atoms with van der Waals surface area (Å²) in [6, 6.07) is 1.96. The van der Waals surface area contributed by atoms with E-state index in [9.17, 15) is 4.79 Å².